The van der Waals surface area contributed by atoms with E-state index in [2.05, 4.69) is 10.2 Å². The van der Waals surface area contributed by atoms with E-state index < -0.39 is 17.8 Å². The van der Waals surface area contributed by atoms with Crippen molar-refractivity contribution < 1.29 is 13.2 Å². The molecule has 1 radical (unpaired) electrons. The van der Waals surface area contributed by atoms with E-state index >= 15 is 0 Å². The van der Waals surface area contributed by atoms with Gasteiger partial charge in [0.05, 0.1) is 17.7 Å². The fourth-order valence-corrected chi connectivity index (χ4v) is 0.703. The Balaban J connectivity index is 2.95. The van der Waals surface area contributed by atoms with E-state index in [0.717, 1.165) is 0 Å². The normalized spacial score (nSPS) is 13.8. The summed E-state index contributed by atoms with van der Waals surface area (Å²) in [6.07, 6.45) is -4.51. The first kappa shape index (κ1) is 9.58. The Bertz CT molecular complexity index is 333. The van der Waals surface area contributed by atoms with Crippen LogP contribution in [0, 0.1) is 17.4 Å². The zero-order valence-corrected chi connectivity index (χ0v) is 6.61. The molecular weight excluding hydrogens is 183 g/mol. The number of aromatic amines is 1. The van der Waals surface area contributed by atoms with Crippen molar-refractivity contribution in [1.82, 2.24) is 10.2 Å². The van der Waals surface area contributed by atoms with Crippen LogP contribution in [0.4, 0.5) is 13.2 Å². The SMILES string of the molecule is CC(C#N)c1[c]c(C(F)(F)F)n[nH]1. The summed E-state index contributed by atoms with van der Waals surface area (Å²) >= 11 is 0. The molecule has 0 aliphatic carbocycles. The van der Waals surface area contributed by atoms with Gasteiger partial charge < -0.3 is 0 Å². The predicted octanol–water partition coefficient (Wildman–Crippen LogP) is 1.86. The van der Waals surface area contributed by atoms with Gasteiger partial charge in [0.15, 0.2) is 5.69 Å². The largest absolute Gasteiger partial charge is 0.435 e. The van der Waals surface area contributed by atoms with Gasteiger partial charge in [-0.1, -0.05) is 0 Å². The molecule has 0 fully saturated rings. The van der Waals surface area contributed by atoms with Crippen LogP contribution >= 0.6 is 0 Å². The number of nitrogens with one attached hydrogen (secondary N) is 1. The molecule has 1 rings (SSSR count). The number of hydrogen-bond acceptors (Lipinski definition) is 2. The van der Waals surface area contributed by atoms with Gasteiger partial charge in [0.2, 0.25) is 0 Å². The molecular formula is C7H5F3N3. The molecule has 3 nitrogen and oxygen atoms in total. The Morgan fingerprint density at radius 2 is 2.23 bits per heavy atom. The van der Waals surface area contributed by atoms with Crippen LogP contribution in [0.25, 0.3) is 0 Å². The summed E-state index contributed by atoms with van der Waals surface area (Å²) in [5.41, 5.74) is -1.07. The van der Waals surface area contributed by atoms with Crippen molar-refractivity contribution in [3.8, 4) is 6.07 Å². The van der Waals surface area contributed by atoms with Crippen molar-refractivity contribution in [1.29, 1.82) is 5.26 Å². The van der Waals surface area contributed by atoms with Crippen LogP contribution in [0.1, 0.15) is 24.2 Å². The predicted molar refractivity (Wildman–Crippen MR) is 36.5 cm³/mol. The van der Waals surface area contributed by atoms with Gasteiger partial charge in [-0.3, -0.25) is 5.10 Å². The second-order valence-electron chi connectivity index (χ2n) is 2.46. The van der Waals surface area contributed by atoms with E-state index in [-0.39, 0.29) is 5.69 Å². The minimum absolute atomic E-state index is 0.0508. The van der Waals surface area contributed by atoms with E-state index in [0.29, 0.717) is 0 Å². The molecule has 1 heterocycles. The summed E-state index contributed by atoms with van der Waals surface area (Å²) < 4.78 is 35.9. The third-order valence-electron chi connectivity index (χ3n) is 1.44. The zero-order chi connectivity index (χ0) is 10.1. The summed E-state index contributed by atoms with van der Waals surface area (Å²) in [4.78, 5) is 0. The fourth-order valence-electron chi connectivity index (χ4n) is 0.703. The maximum atomic E-state index is 12.0. The highest BCUT2D eigenvalue weighted by molar-refractivity contribution is 5.17. The lowest BCUT2D eigenvalue weighted by molar-refractivity contribution is -0.141. The van der Waals surface area contributed by atoms with Crippen molar-refractivity contribution >= 4 is 0 Å². The molecule has 69 valence electrons. The number of nitrogens with zero attached hydrogens (tertiary/aromatic N) is 2. The number of H-pyrrole nitrogens is 1. The Morgan fingerprint density at radius 1 is 1.62 bits per heavy atom. The molecule has 1 aromatic heterocycles. The highest BCUT2D eigenvalue weighted by Gasteiger charge is 2.34. The number of halogens is 3. The van der Waals surface area contributed by atoms with Crippen molar-refractivity contribution in [2.75, 3.05) is 0 Å². The van der Waals surface area contributed by atoms with Crippen molar-refractivity contribution in [2.24, 2.45) is 0 Å². The van der Waals surface area contributed by atoms with Crippen LogP contribution in [-0.2, 0) is 6.18 Å². The third-order valence-corrected chi connectivity index (χ3v) is 1.44. The minimum atomic E-state index is -4.51. The standard InChI is InChI=1S/C7H5F3N3/c1-4(3-11)5-2-6(13-12-5)7(8,9)10/h4H,1H3,(H,12,13). The van der Waals surface area contributed by atoms with Gasteiger partial charge in [0.1, 0.15) is 0 Å². The number of alkyl halides is 3. The molecule has 6 heteroatoms. The lowest BCUT2D eigenvalue weighted by Gasteiger charge is -1.98. The Hall–Kier alpha value is -1.51. The highest BCUT2D eigenvalue weighted by Crippen LogP contribution is 2.28. The molecule has 1 atom stereocenters. The van der Waals surface area contributed by atoms with Gasteiger partial charge in [-0.25, -0.2) is 0 Å². The summed E-state index contributed by atoms with van der Waals surface area (Å²) in [6, 6.07) is 3.77. The topological polar surface area (TPSA) is 52.5 Å². The van der Waals surface area contributed by atoms with Gasteiger partial charge in [-0.15, -0.1) is 0 Å². The molecule has 0 aliphatic rings. The first-order chi connectivity index (χ1) is 5.95. The Kier molecular flexibility index (Phi) is 2.28. The summed E-state index contributed by atoms with van der Waals surface area (Å²) in [7, 11) is 0. The maximum Gasteiger partial charge on any atom is 0.435 e. The van der Waals surface area contributed by atoms with Crippen LogP contribution in [0.2, 0.25) is 0 Å². The molecule has 1 aromatic rings. The van der Waals surface area contributed by atoms with E-state index in [1.807, 2.05) is 6.07 Å². The van der Waals surface area contributed by atoms with Crippen molar-refractivity contribution in [2.45, 2.75) is 19.0 Å². The van der Waals surface area contributed by atoms with Gasteiger partial charge in [0, 0.05) is 6.07 Å². The lowest BCUT2D eigenvalue weighted by Crippen LogP contribution is -2.05. The highest BCUT2D eigenvalue weighted by atomic mass is 19.4. The smallest absolute Gasteiger partial charge is 0.280 e. The summed E-state index contributed by atoms with van der Waals surface area (Å²) in [5.74, 6) is -0.663. The minimum Gasteiger partial charge on any atom is -0.280 e. The monoisotopic (exact) mass is 188 g/mol. The average Bonchev–Trinajstić information content (AvgIpc) is 2.50. The first-order valence-electron chi connectivity index (χ1n) is 3.39. The number of hydrogen-bond donors (Lipinski definition) is 1. The second kappa shape index (κ2) is 3.09. The molecule has 1 unspecified atom stereocenters. The van der Waals surface area contributed by atoms with Crippen LogP contribution in [0.3, 0.4) is 0 Å². The fraction of sp³-hybridized carbons (Fsp3) is 0.429. The molecule has 0 amide bonds. The van der Waals surface area contributed by atoms with Gasteiger partial charge in [-0.05, 0) is 6.92 Å². The van der Waals surface area contributed by atoms with Crippen LogP contribution in [0.15, 0.2) is 0 Å². The number of aromatic nitrogens is 2. The van der Waals surface area contributed by atoms with Crippen molar-refractivity contribution in [3.63, 3.8) is 0 Å². The van der Waals surface area contributed by atoms with Gasteiger partial charge in [-0.2, -0.15) is 23.5 Å². The van der Waals surface area contributed by atoms with Crippen LogP contribution in [-0.4, -0.2) is 10.2 Å². The number of rotatable bonds is 1. The summed E-state index contributed by atoms with van der Waals surface area (Å²) in [5, 5.41) is 13.5. The lowest BCUT2D eigenvalue weighted by atomic mass is 10.1. The van der Waals surface area contributed by atoms with E-state index in [9.17, 15) is 13.2 Å². The van der Waals surface area contributed by atoms with E-state index in [1.165, 1.54) is 6.92 Å². The average molecular weight is 188 g/mol. The van der Waals surface area contributed by atoms with Crippen LogP contribution < -0.4 is 0 Å². The molecule has 1 N–H and O–H groups in total. The molecule has 0 aliphatic heterocycles. The Labute approximate surface area is 72.2 Å². The second-order valence-corrected chi connectivity index (χ2v) is 2.46. The maximum absolute atomic E-state index is 12.0. The molecule has 0 bridgehead atoms. The van der Waals surface area contributed by atoms with Gasteiger partial charge in [0.25, 0.3) is 0 Å². The van der Waals surface area contributed by atoms with Gasteiger partial charge >= 0.3 is 6.18 Å². The molecule has 0 aromatic carbocycles. The quantitative estimate of drug-likeness (QED) is 0.731. The molecule has 0 saturated carbocycles. The third kappa shape index (κ3) is 1.99. The van der Waals surface area contributed by atoms with E-state index in [1.54, 1.807) is 6.07 Å². The number of nitriles is 1. The zero-order valence-electron chi connectivity index (χ0n) is 6.61. The first-order valence-corrected chi connectivity index (χ1v) is 3.39. The molecule has 13 heavy (non-hydrogen) atoms. The van der Waals surface area contributed by atoms with Crippen molar-refractivity contribution in [3.05, 3.63) is 17.5 Å². The molecule has 0 spiro atoms. The Morgan fingerprint density at radius 3 is 2.62 bits per heavy atom. The summed E-state index contributed by atoms with van der Waals surface area (Å²) in [6.45, 7) is 1.46. The van der Waals surface area contributed by atoms with E-state index in [4.69, 9.17) is 5.26 Å². The molecule has 0 saturated heterocycles. The van der Waals surface area contributed by atoms with Crippen LogP contribution in [0.5, 0.6) is 0 Å².